The van der Waals surface area contributed by atoms with E-state index in [1.807, 2.05) is 0 Å². The summed E-state index contributed by atoms with van der Waals surface area (Å²) in [5.74, 6) is -0.317. The van der Waals surface area contributed by atoms with Gasteiger partial charge in [-0.15, -0.1) is 0 Å². The van der Waals surface area contributed by atoms with E-state index in [1.54, 1.807) is 0 Å². The SMILES string of the molecule is CC1CCN(C2CCCC(C)(C)CC2)C1C(=O)O. The lowest BCUT2D eigenvalue weighted by Crippen LogP contribution is -2.45. The molecule has 2 rings (SSSR count). The third-order valence-electron chi connectivity index (χ3n) is 5.01. The van der Waals surface area contributed by atoms with Crippen LogP contribution in [0.25, 0.3) is 0 Å². The molecule has 104 valence electrons. The van der Waals surface area contributed by atoms with Crippen molar-refractivity contribution in [2.45, 2.75) is 71.4 Å². The fourth-order valence-electron chi connectivity index (χ4n) is 3.75. The van der Waals surface area contributed by atoms with Gasteiger partial charge in [-0.05, 0) is 50.0 Å². The second-order valence-electron chi connectivity index (χ2n) is 7.04. The van der Waals surface area contributed by atoms with E-state index in [-0.39, 0.29) is 6.04 Å². The molecule has 3 nitrogen and oxygen atoms in total. The average Bonchev–Trinajstić information content (AvgIpc) is 2.55. The van der Waals surface area contributed by atoms with Crippen LogP contribution in [-0.4, -0.2) is 34.6 Å². The predicted molar refractivity (Wildman–Crippen MR) is 72.6 cm³/mol. The van der Waals surface area contributed by atoms with Crippen molar-refractivity contribution in [3.8, 4) is 0 Å². The number of hydrogen-bond acceptors (Lipinski definition) is 2. The van der Waals surface area contributed by atoms with E-state index in [9.17, 15) is 9.90 Å². The van der Waals surface area contributed by atoms with Crippen molar-refractivity contribution < 1.29 is 9.90 Å². The van der Waals surface area contributed by atoms with E-state index in [2.05, 4.69) is 25.7 Å². The van der Waals surface area contributed by atoms with Gasteiger partial charge in [0.1, 0.15) is 6.04 Å². The Morgan fingerprint density at radius 3 is 2.61 bits per heavy atom. The number of carboxylic acids is 1. The lowest BCUT2D eigenvalue weighted by atomic mass is 9.85. The molecule has 2 aliphatic rings. The lowest BCUT2D eigenvalue weighted by molar-refractivity contribution is -0.144. The van der Waals surface area contributed by atoms with Gasteiger partial charge in [0.2, 0.25) is 0 Å². The van der Waals surface area contributed by atoms with Crippen molar-refractivity contribution in [3.63, 3.8) is 0 Å². The van der Waals surface area contributed by atoms with Crippen LogP contribution in [0.2, 0.25) is 0 Å². The summed E-state index contributed by atoms with van der Waals surface area (Å²) < 4.78 is 0. The van der Waals surface area contributed by atoms with Crippen LogP contribution in [0.4, 0.5) is 0 Å². The van der Waals surface area contributed by atoms with E-state index in [0.29, 0.717) is 17.4 Å². The Morgan fingerprint density at radius 2 is 1.94 bits per heavy atom. The minimum Gasteiger partial charge on any atom is -0.480 e. The van der Waals surface area contributed by atoms with E-state index < -0.39 is 5.97 Å². The van der Waals surface area contributed by atoms with Crippen molar-refractivity contribution in [2.75, 3.05) is 6.54 Å². The number of rotatable bonds is 2. The smallest absolute Gasteiger partial charge is 0.321 e. The Morgan fingerprint density at radius 1 is 1.22 bits per heavy atom. The van der Waals surface area contributed by atoms with Gasteiger partial charge < -0.3 is 5.11 Å². The number of carboxylic acid groups (broad SMARTS) is 1. The van der Waals surface area contributed by atoms with Gasteiger partial charge in [-0.3, -0.25) is 9.69 Å². The molecule has 1 N–H and O–H groups in total. The van der Waals surface area contributed by atoms with E-state index >= 15 is 0 Å². The minimum absolute atomic E-state index is 0.240. The van der Waals surface area contributed by atoms with E-state index in [4.69, 9.17) is 0 Å². The monoisotopic (exact) mass is 253 g/mol. The van der Waals surface area contributed by atoms with Crippen molar-refractivity contribution in [1.29, 1.82) is 0 Å². The molecular weight excluding hydrogens is 226 g/mol. The molecule has 0 spiro atoms. The Kier molecular flexibility index (Phi) is 4.00. The Labute approximate surface area is 111 Å². The van der Waals surface area contributed by atoms with Gasteiger partial charge in [0.05, 0.1) is 0 Å². The van der Waals surface area contributed by atoms with Gasteiger partial charge in [0, 0.05) is 6.04 Å². The highest BCUT2D eigenvalue weighted by Gasteiger charge is 2.41. The molecule has 0 aromatic rings. The quantitative estimate of drug-likeness (QED) is 0.769. The summed E-state index contributed by atoms with van der Waals surface area (Å²) in [7, 11) is 0. The topological polar surface area (TPSA) is 40.5 Å². The zero-order chi connectivity index (χ0) is 13.3. The molecule has 0 aromatic carbocycles. The zero-order valence-corrected chi connectivity index (χ0v) is 12.0. The molecule has 1 aliphatic carbocycles. The predicted octanol–water partition coefficient (Wildman–Crippen LogP) is 3.14. The maximum atomic E-state index is 11.4. The molecule has 3 unspecified atom stereocenters. The van der Waals surface area contributed by atoms with Crippen LogP contribution in [0, 0.1) is 11.3 Å². The molecule has 0 amide bonds. The summed E-state index contributed by atoms with van der Waals surface area (Å²) in [6.07, 6.45) is 7.15. The molecule has 2 fully saturated rings. The highest BCUT2D eigenvalue weighted by Crippen LogP contribution is 2.38. The molecule has 3 heteroatoms. The number of likely N-dealkylation sites (tertiary alicyclic amines) is 1. The second kappa shape index (κ2) is 5.20. The molecule has 1 saturated heterocycles. The first-order valence-corrected chi connectivity index (χ1v) is 7.39. The normalized spacial score (nSPS) is 37.4. The van der Waals surface area contributed by atoms with Gasteiger partial charge in [-0.1, -0.05) is 27.2 Å². The van der Waals surface area contributed by atoms with Crippen molar-refractivity contribution in [3.05, 3.63) is 0 Å². The van der Waals surface area contributed by atoms with Gasteiger partial charge in [-0.25, -0.2) is 0 Å². The molecule has 3 atom stereocenters. The number of aliphatic carboxylic acids is 1. The van der Waals surface area contributed by atoms with E-state index in [1.165, 1.54) is 32.1 Å². The first-order valence-electron chi connectivity index (χ1n) is 7.39. The summed E-state index contributed by atoms with van der Waals surface area (Å²) in [5.41, 5.74) is 0.443. The highest BCUT2D eigenvalue weighted by molar-refractivity contribution is 5.74. The molecule has 1 aliphatic heterocycles. The molecule has 0 radical (unpaired) electrons. The summed E-state index contributed by atoms with van der Waals surface area (Å²) in [5, 5.41) is 9.42. The first kappa shape index (κ1) is 13.9. The third kappa shape index (κ3) is 2.87. The van der Waals surface area contributed by atoms with Gasteiger partial charge in [-0.2, -0.15) is 0 Å². The molecular formula is C15H27NO2. The van der Waals surface area contributed by atoms with Crippen molar-refractivity contribution in [1.82, 2.24) is 4.90 Å². The number of carbonyl (C=O) groups is 1. The van der Waals surface area contributed by atoms with Crippen LogP contribution in [0.3, 0.4) is 0 Å². The van der Waals surface area contributed by atoms with Gasteiger partial charge in [0.25, 0.3) is 0 Å². The summed E-state index contributed by atoms with van der Waals surface area (Å²) in [6.45, 7) is 7.75. The number of nitrogens with zero attached hydrogens (tertiary/aromatic N) is 1. The summed E-state index contributed by atoms with van der Waals surface area (Å²) in [4.78, 5) is 13.7. The Balaban J connectivity index is 2.04. The van der Waals surface area contributed by atoms with Crippen LogP contribution in [0.15, 0.2) is 0 Å². The van der Waals surface area contributed by atoms with Crippen LogP contribution in [0.1, 0.15) is 59.3 Å². The second-order valence-corrected chi connectivity index (χ2v) is 7.04. The molecule has 18 heavy (non-hydrogen) atoms. The summed E-state index contributed by atoms with van der Waals surface area (Å²) >= 11 is 0. The Bertz CT molecular complexity index is 314. The van der Waals surface area contributed by atoms with Crippen LogP contribution >= 0.6 is 0 Å². The van der Waals surface area contributed by atoms with Gasteiger partial charge >= 0.3 is 5.97 Å². The maximum absolute atomic E-state index is 11.4. The summed E-state index contributed by atoms with van der Waals surface area (Å²) in [6, 6.07) is 0.258. The third-order valence-corrected chi connectivity index (χ3v) is 5.01. The largest absolute Gasteiger partial charge is 0.480 e. The standard InChI is InChI=1S/C15H27NO2/c1-11-7-10-16(13(11)14(17)18)12-5-4-8-15(2,3)9-6-12/h11-13H,4-10H2,1-3H3,(H,17,18). The fourth-order valence-corrected chi connectivity index (χ4v) is 3.75. The van der Waals surface area contributed by atoms with Crippen LogP contribution < -0.4 is 0 Å². The van der Waals surface area contributed by atoms with Crippen LogP contribution in [-0.2, 0) is 4.79 Å². The minimum atomic E-state index is -0.622. The maximum Gasteiger partial charge on any atom is 0.321 e. The van der Waals surface area contributed by atoms with Gasteiger partial charge in [0.15, 0.2) is 0 Å². The average molecular weight is 253 g/mol. The molecule has 0 bridgehead atoms. The zero-order valence-electron chi connectivity index (χ0n) is 12.0. The van der Waals surface area contributed by atoms with Crippen molar-refractivity contribution >= 4 is 5.97 Å². The molecule has 1 heterocycles. The molecule has 0 aromatic heterocycles. The first-order chi connectivity index (χ1) is 8.41. The van der Waals surface area contributed by atoms with E-state index in [0.717, 1.165) is 13.0 Å². The number of hydrogen-bond donors (Lipinski definition) is 1. The van der Waals surface area contributed by atoms with Crippen molar-refractivity contribution in [2.24, 2.45) is 11.3 Å². The molecule has 1 saturated carbocycles. The highest BCUT2D eigenvalue weighted by atomic mass is 16.4. The Hall–Kier alpha value is -0.570. The lowest BCUT2D eigenvalue weighted by Gasteiger charge is -2.32. The fraction of sp³-hybridized carbons (Fsp3) is 0.933. The van der Waals surface area contributed by atoms with Crippen LogP contribution in [0.5, 0.6) is 0 Å².